The highest BCUT2D eigenvalue weighted by Gasteiger charge is 2.17. The number of benzene rings is 3. The number of hydrogen-bond acceptors (Lipinski definition) is 5. The SMILES string of the molecule is COc1ccc2oc(-c3ccc(NC(=O)C(C)Oc4ccc(Cl)cc4Cl)cc3)nc2c1. The zero-order valence-corrected chi connectivity index (χ0v) is 18.2. The molecule has 8 heteroatoms. The lowest BCUT2D eigenvalue weighted by molar-refractivity contribution is -0.122. The van der Waals surface area contributed by atoms with Gasteiger partial charge >= 0.3 is 0 Å². The van der Waals surface area contributed by atoms with Crippen LogP contribution in [-0.4, -0.2) is 24.1 Å². The molecule has 1 atom stereocenters. The Morgan fingerprint density at radius 2 is 1.84 bits per heavy atom. The molecular weight excluding hydrogens is 439 g/mol. The number of ether oxygens (including phenoxy) is 2. The molecule has 0 fully saturated rings. The van der Waals surface area contributed by atoms with Crippen molar-refractivity contribution in [2.45, 2.75) is 13.0 Å². The molecule has 1 aromatic heterocycles. The summed E-state index contributed by atoms with van der Waals surface area (Å²) in [6, 6.07) is 17.4. The smallest absolute Gasteiger partial charge is 0.265 e. The van der Waals surface area contributed by atoms with Crippen LogP contribution in [-0.2, 0) is 4.79 Å². The van der Waals surface area contributed by atoms with E-state index in [1.807, 2.05) is 30.3 Å². The topological polar surface area (TPSA) is 73.6 Å². The lowest BCUT2D eigenvalue weighted by atomic mass is 10.2. The molecule has 6 nitrogen and oxygen atoms in total. The van der Waals surface area contributed by atoms with E-state index in [1.165, 1.54) is 0 Å². The number of amides is 1. The molecule has 0 bridgehead atoms. The van der Waals surface area contributed by atoms with E-state index in [1.54, 1.807) is 44.4 Å². The van der Waals surface area contributed by atoms with Crippen LogP contribution in [0.1, 0.15) is 6.92 Å². The zero-order chi connectivity index (χ0) is 22.0. The fraction of sp³-hybridized carbons (Fsp3) is 0.130. The molecule has 3 aromatic carbocycles. The Balaban J connectivity index is 1.43. The summed E-state index contributed by atoms with van der Waals surface area (Å²) < 4.78 is 16.7. The second-order valence-electron chi connectivity index (χ2n) is 6.75. The number of hydrogen-bond donors (Lipinski definition) is 1. The fourth-order valence-electron chi connectivity index (χ4n) is 2.91. The number of oxazole rings is 1. The maximum atomic E-state index is 12.5. The average Bonchev–Trinajstić information content (AvgIpc) is 3.19. The Bertz CT molecular complexity index is 1240. The Morgan fingerprint density at radius 1 is 1.06 bits per heavy atom. The Hall–Kier alpha value is -3.22. The molecule has 0 spiro atoms. The molecule has 1 heterocycles. The summed E-state index contributed by atoms with van der Waals surface area (Å²) in [5.41, 5.74) is 2.77. The lowest BCUT2D eigenvalue weighted by Gasteiger charge is -2.16. The largest absolute Gasteiger partial charge is 0.497 e. The van der Waals surface area contributed by atoms with E-state index in [0.717, 1.165) is 5.56 Å². The second-order valence-corrected chi connectivity index (χ2v) is 7.60. The van der Waals surface area contributed by atoms with Crippen LogP contribution in [0.3, 0.4) is 0 Å². The van der Waals surface area contributed by atoms with E-state index in [4.69, 9.17) is 37.1 Å². The van der Waals surface area contributed by atoms with Gasteiger partial charge in [-0.2, -0.15) is 0 Å². The number of fused-ring (bicyclic) bond motifs is 1. The molecule has 0 aliphatic heterocycles. The highest BCUT2D eigenvalue weighted by atomic mass is 35.5. The Kier molecular flexibility index (Phi) is 6.02. The molecule has 0 aliphatic carbocycles. The molecule has 0 aliphatic rings. The van der Waals surface area contributed by atoms with Gasteiger partial charge < -0.3 is 19.2 Å². The third-order valence-electron chi connectivity index (χ3n) is 4.56. The van der Waals surface area contributed by atoms with Crippen molar-refractivity contribution in [1.29, 1.82) is 0 Å². The van der Waals surface area contributed by atoms with Gasteiger partial charge in [0.05, 0.1) is 12.1 Å². The van der Waals surface area contributed by atoms with Gasteiger partial charge in [0, 0.05) is 22.3 Å². The first kappa shape index (κ1) is 21.0. The van der Waals surface area contributed by atoms with Gasteiger partial charge in [0.1, 0.15) is 17.0 Å². The number of halogens is 2. The normalized spacial score (nSPS) is 11.9. The van der Waals surface area contributed by atoms with Crippen LogP contribution in [0.5, 0.6) is 11.5 Å². The van der Waals surface area contributed by atoms with Gasteiger partial charge in [0.2, 0.25) is 5.89 Å². The molecule has 31 heavy (non-hydrogen) atoms. The van der Waals surface area contributed by atoms with Crippen LogP contribution in [0.25, 0.3) is 22.6 Å². The van der Waals surface area contributed by atoms with Crippen LogP contribution >= 0.6 is 23.2 Å². The predicted octanol–water partition coefficient (Wildman–Crippen LogP) is 6.22. The highest BCUT2D eigenvalue weighted by molar-refractivity contribution is 6.35. The van der Waals surface area contributed by atoms with E-state index in [9.17, 15) is 4.79 Å². The quantitative estimate of drug-likeness (QED) is 0.372. The maximum absolute atomic E-state index is 12.5. The summed E-state index contributed by atoms with van der Waals surface area (Å²) in [5.74, 6) is 1.27. The maximum Gasteiger partial charge on any atom is 0.265 e. The van der Waals surface area contributed by atoms with E-state index in [-0.39, 0.29) is 5.91 Å². The Labute approximate surface area is 188 Å². The zero-order valence-electron chi connectivity index (χ0n) is 16.7. The first-order chi connectivity index (χ1) is 14.9. The molecule has 1 amide bonds. The van der Waals surface area contributed by atoms with Crippen molar-refractivity contribution in [3.63, 3.8) is 0 Å². The number of methoxy groups -OCH3 is 1. The lowest BCUT2D eigenvalue weighted by Crippen LogP contribution is -2.30. The number of carbonyl (C=O) groups excluding carboxylic acids is 1. The first-order valence-electron chi connectivity index (χ1n) is 9.40. The minimum absolute atomic E-state index is 0.312. The summed E-state index contributed by atoms with van der Waals surface area (Å²) in [7, 11) is 1.60. The molecule has 1 unspecified atom stereocenters. The van der Waals surface area contributed by atoms with E-state index in [2.05, 4.69) is 10.3 Å². The van der Waals surface area contributed by atoms with Crippen LogP contribution < -0.4 is 14.8 Å². The summed E-state index contributed by atoms with van der Waals surface area (Å²) in [6.45, 7) is 1.64. The standard InChI is InChI=1S/C23H18Cl2N2O4/c1-13(30-20-9-5-15(24)11-18(20)25)22(28)26-16-6-3-14(4-7-16)23-27-19-12-17(29-2)8-10-21(19)31-23/h3-13H,1-2H3,(H,26,28). The second kappa shape index (κ2) is 8.88. The van der Waals surface area contributed by atoms with Gasteiger partial charge in [-0.05, 0) is 61.5 Å². The predicted molar refractivity (Wildman–Crippen MR) is 121 cm³/mol. The van der Waals surface area contributed by atoms with Gasteiger partial charge in [0.15, 0.2) is 11.7 Å². The highest BCUT2D eigenvalue weighted by Crippen LogP contribution is 2.29. The summed E-state index contributed by atoms with van der Waals surface area (Å²) in [4.78, 5) is 17.0. The van der Waals surface area contributed by atoms with Crippen molar-refractivity contribution in [2.24, 2.45) is 0 Å². The fourth-order valence-corrected chi connectivity index (χ4v) is 3.37. The summed E-state index contributed by atoms with van der Waals surface area (Å²) in [6.07, 6.45) is -0.759. The van der Waals surface area contributed by atoms with Crippen molar-refractivity contribution in [2.75, 3.05) is 12.4 Å². The number of carbonyl (C=O) groups is 1. The van der Waals surface area contributed by atoms with Crippen molar-refractivity contribution in [3.05, 3.63) is 70.7 Å². The minimum Gasteiger partial charge on any atom is -0.497 e. The van der Waals surface area contributed by atoms with Crippen molar-refractivity contribution < 1.29 is 18.7 Å². The monoisotopic (exact) mass is 456 g/mol. The number of nitrogens with one attached hydrogen (secondary N) is 1. The van der Waals surface area contributed by atoms with E-state index >= 15 is 0 Å². The molecule has 0 radical (unpaired) electrons. The molecule has 158 valence electrons. The van der Waals surface area contributed by atoms with Gasteiger partial charge in [0.25, 0.3) is 5.91 Å². The summed E-state index contributed by atoms with van der Waals surface area (Å²) in [5, 5.41) is 3.65. The number of rotatable bonds is 6. The van der Waals surface area contributed by atoms with Crippen LogP contribution in [0.2, 0.25) is 10.0 Å². The number of anilines is 1. The molecule has 4 aromatic rings. The molecule has 4 rings (SSSR count). The molecule has 0 saturated heterocycles. The van der Waals surface area contributed by atoms with Crippen LogP contribution in [0.15, 0.2) is 65.1 Å². The van der Waals surface area contributed by atoms with Gasteiger partial charge in [-0.25, -0.2) is 4.98 Å². The molecular formula is C23H18Cl2N2O4. The first-order valence-corrected chi connectivity index (χ1v) is 10.2. The van der Waals surface area contributed by atoms with Crippen LogP contribution in [0.4, 0.5) is 5.69 Å². The van der Waals surface area contributed by atoms with Gasteiger partial charge in [-0.3, -0.25) is 4.79 Å². The van der Waals surface area contributed by atoms with Crippen molar-refractivity contribution >= 4 is 45.9 Å². The van der Waals surface area contributed by atoms with Crippen molar-refractivity contribution in [3.8, 4) is 23.0 Å². The molecule has 0 saturated carbocycles. The minimum atomic E-state index is -0.759. The van der Waals surface area contributed by atoms with Crippen molar-refractivity contribution in [1.82, 2.24) is 4.98 Å². The van der Waals surface area contributed by atoms with E-state index in [0.29, 0.717) is 44.2 Å². The van der Waals surface area contributed by atoms with Crippen LogP contribution in [0, 0.1) is 0 Å². The summed E-state index contributed by atoms with van der Waals surface area (Å²) >= 11 is 12.0. The van der Waals surface area contributed by atoms with Gasteiger partial charge in [-0.1, -0.05) is 23.2 Å². The van der Waals surface area contributed by atoms with Gasteiger partial charge in [-0.15, -0.1) is 0 Å². The third-order valence-corrected chi connectivity index (χ3v) is 5.09. The molecule has 1 N–H and O–H groups in total. The van der Waals surface area contributed by atoms with E-state index < -0.39 is 6.10 Å². The number of aromatic nitrogens is 1. The Morgan fingerprint density at radius 3 is 2.55 bits per heavy atom. The number of nitrogens with zero attached hydrogens (tertiary/aromatic N) is 1. The average molecular weight is 457 g/mol. The third kappa shape index (κ3) is 4.76.